The summed E-state index contributed by atoms with van der Waals surface area (Å²) >= 11 is 0. The zero-order valence-corrected chi connectivity index (χ0v) is 5.36. The van der Waals surface area contributed by atoms with Gasteiger partial charge in [0.2, 0.25) is 0 Å². The van der Waals surface area contributed by atoms with Crippen LogP contribution in [-0.4, -0.2) is 5.54 Å². The smallest absolute Gasteiger partial charge is 0.0922 e. The molecule has 1 nitrogen and oxygen atoms in total. The average Bonchev–Trinajstić information content (AvgIpc) is 1.67. The molecular weight excluding hydrogens is 98.1 g/mol. The quantitative estimate of drug-likeness (QED) is 0.524. The van der Waals surface area contributed by atoms with Crippen molar-refractivity contribution in [3.8, 4) is 12.3 Å². The van der Waals surface area contributed by atoms with E-state index in [-0.39, 0.29) is 5.54 Å². The highest BCUT2D eigenvalue weighted by atomic mass is 14.9. The molecule has 0 amide bonds. The van der Waals surface area contributed by atoms with E-state index in [1.165, 1.54) is 0 Å². The van der Waals surface area contributed by atoms with E-state index in [0.29, 0.717) is 0 Å². The van der Waals surface area contributed by atoms with Crippen molar-refractivity contribution in [1.29, 1.82) is 0 Å². The minimum absolute atomic E-state index is 0.248. The van der Waals surface area contributed by atoms with Crippen molar-refractivity contribution in [2.24, 2.45) is 0 Å². The van der Waals surface area contributed by atoms with E-state index in [1.807, 2.05) is 13.8 Å². The van der Waals surface area contributed by atoms with Gasteiger partial charge < -0.3 is 5.32 Å². The fourth-order valence-electron chi connectivity index (χ4n) is 0.297. The Morgan fingerprint density at radius 1 is 1.75 bits per heavy atom. The number of terminal acetylenes is 1. The van der Waals surface area contributed by atoms with E-state index in [1.54, 1.807) is 6.20 Å². The average molecular weight is 109 g/mol. The van der Waals surface area contributed by atoms with Crippen molar-refractivity contribution in [3.63, 3.8) is 0 Å². The minimum atomic E-state index is -0.248. The van der Waals surface area contributed by atoms with Gasteiger partial charge >= 0.3 is 0 Å². The summed E-state index contributed by atoms with van der Waals surface area (Å²) in [6.45, 7) is 7.31. The van der Waals surface area contributed by atoms with Crippen LogP contribution < -0.4 is 5.32 Å². The van der Waals surface area contributed by atoms with Crippen molar-refractivity contribution in [3.05, 3.63) is 12.8 Å². The highest BCUT2D eigenvalue weighted by Crippen LogP contribution is 1.96. The third-order valence-corrected chi connectivity index (χ3v) is 0.824. The number of rotatable bonds is 2. The SMILES string of the molecule is C#CC(C)(C)NC=C. The first kappa shape index (κ1) is 7.10. The first-order chi connectivity index (χ1) is 3.62. The zero-order valence-electron chi connectivity index (χ0n) is 5.36. The van der Waals surface area contributed by atoms with Gasteiger partial charge in [-0.3, -0.25) is 0 Å². The second kappa shape index (κ2) is 2.42. The van der Waals surface area contributed by atoms with Crippen LogP contribution in [0.5, 0.6) is 0 Å². The standard InChI is InChI=1S/C7H11N/c1-5-7(3,4)8-6-2/h1,6,8H,2H2,3-4H3. The predicted octanol–water partition coefficient (Wildman–Crippen LogP) is 1.13. The molecule has 0 aliphatic heterocycles. The molecule has 1 heteroatoms. The molecule has 0 aromatic rings. The molecule has 0 saturated heterocycles. The lowest BCUT2D eigenvalue weighted by molar-refractivity contribution is 0.576. The fraction of sp³-hybridized carbons (Fsp3) is 0.429. The summed E-state index contributed by atoms with van der Waals surface area (Å²) in [4.78, 5) is 0. The highest BCUT2D eigenvalue weighted by molar-refractivity contribution is 5.08. The molecule has 0 radical (unpaired) electrons. The topological polar surface area (TPSA) is 12.0 Å². The molecule has 0 rings (SSSR count). The second-order valence-electron chi connectivity index (χ2n) is 2.12. The summed E-state index contributed by atoms with van der Waals surface area (Å²) in [6.07, 6.45) is 6.73. The minimum Gasteiger partial charge on any atom is -0.376 e. The van der Waals surface area contributed by atoms with Crippen molar-refractivity contribution in [1.82, 2.24) is 5.32 Å². The maximum absolute atomic E-state index is 5.13. The Morgan fingerprint density at radius 2 is 2.25 bits per heavy atom. The van der Waals surface area contributed by atoms with Crippen LogP contribution in [0.15, 0.2) is 12.8 Å². The molecule has 8 heavy (non-hydrogen) atoms. The van der Waals surface area contributed by atoms with Gasteiger partial charge in [-0.2, -0.15) is 0 Å². The Kier molecular flexibility index (Phi) is 2.15. The summed E-state index contributed by atoms with van der Waals surface area (Å²) in [5, 5.41) is 2.90. The summed E-state index contributed by atoms with van der Waals surface area (Å²) in [6, 6.07) is 0. The van der Waals surface area contributed by atoms with Crippen LogP contribution >= 0.6 is 0 Å². The molecule has 1 N–H and O–H groups in total. The van der Waals surface area contributed by atoms with Crippen LogP contribution in [0.1, 0.15) is 13.8 Å². The van der Waals surface area contributed by atoms with Gasteiger partial charge in [-0.15, -0.1) is 6.42 Å². The fourth-order valence-corrected chi connectivity index (χ4v) is 0.297. The maximum Gasteiger partial charge on any atom is 0.0922 e. The molecule has 0 unspecified atom stereocenters. The molecule has 44 valence electrons. The van der Waals surface area contributed by atoms with Crippen LogP contribution in [0, 0.1) is 12.3 Å². The van der Waals surface area contributed by atoms with E-state index >= 15 is 0 Å². The lowest BCUT2D eigenvalue weighted by Gasteiger charge is -2.16. The summed E-state index contributed by atoms with van der Waals surface area (Å²) < 4.78 is 0. The van der Waals surface area contributed by atoms with Gasteiger partial charge in [0, 0.05) is 0 Å². The monoisotopic (exact) mass is 109 g/mol. The van der Waals surface area contributed by atoms with Gasteiger partial charge in [0.05, 0.1) is 5.54 Å². The number of hydrogen-bond acceptors (Lipinski definition) is 1. The molecule has 0 aromatic heterocycles. The van der Waals surface area contributed by atoms with Gasteiger partial charge in [0.1, 0.15) is 0 Å². The Balaban J connectivity index is 3.76. The Hall–Kier alpha value is -0.900. The summed E-state index contributed by atoms with van der Waals surface area (Å²) in [5.74, 6) is 2.56. The lowest BCUT2D eigenvalue weighted by atomic mass is 10.1. The van der Waals surface area contributed by atoms with Crippen LogP contribution in [-0.2, 0) is 0 Å². The maximum atomic E-state index is 5.13. The third kappa shape index (κ3) is 2.30. The second-order valence-corrected chi connectivity index (χ2v) is 2.12. The van der Waals surface area contributed by atoms with Gasteiger partial charge in [-0.05, 0) is 20.0 Å². The van der Waals surface area contributed by atoms with E-state index in [9.17, 15) is 0 Å². The molecule has 0 saturated carbocycles. The van der Waals surface area contributed by atoms with Gasteiger partial charge in [-0.1, -0.05) is 12.5 Å². The molecule has 0 bridgehead atoms. The van der Waals surface area contributed by atoms with E-state index in [2.05, 4.69) is 17.8 Å². The predicted molar refractivity (Wildman–Crippen MR) is 36.2 cm³/mol. The third-order valence-electron chi connectivity index (χ3n) is 0.824. The Morgan fingerprint density at radius 3 is 2.38 bits per heavy atom. The van der Waals surface area contributed by atoms with Crippen molar-refractivity contribution < 1.29 is 0 Å². The molecule has 0 aliphatic carbocycles. The molecular formula is C7H11N. The lowest BCUT2D eigenvalue weighted by Crippen LogP contribution is -2.32. The van der Waals surface area contributed by atoms with E-state index in [0.717, 1.165) is 0 Å². The summed E-state index contributed by atoms with van der Waals surface area (Å²) in [7, 11) is 0. The van der Waals surface area contributed by atoms with Gasteiger partial charge in [0.15, 0.2) is 0 Å². The van der Waals surface area contributed by atoms with Crippen molar-refractivity contribution in [2.75, 3.05) is 0 Å². The van der Waals surface area contributed by atoms with Gasteiger partial charge in [-0.25, -0.2) is 0 Å². The normalized spacial score (nSPS) is 9.62. The van der Waals surface area contributed by atoms with Crippen LogP contribution in [0.2, 0.25) is 0 Å². The molecule has 0 fully saturated rings. The van der Waals surface area contributed by atoms with E-state index in [4.69, 9.17) is 6.42 Å². The Bertz CT molecular complexity index is 117. The van der Waals surface area contributed by atoms with Crippen LogP contribution in [0.4, 0.5) is 0 Å². The van der Waals surface area contributed by atoms with Crippen molar-refractivity contribution >= 4 is 0 Å². The number of nitrogens with one attached hydrogen (secondary N) is 1. The van der Waals surface area contributed by atoms with Crippen molar-refractivity contribution in [2.45, 2.75) is 19.4 Å². The van der Waals surface area contributed by atoms with Crippen LogP contribution in [0.25, 0.3) is 0 Å². The Labute approximate surface area is 50.8 Å². The highest BCUT2D eigenvalue weighted by Gasteiger charge is 2.07. The molecule has 0 atom stereocenters. The summed E-state index contributed by atoms with van der Waals surface area (Å²) in [5.41, 5.74) is -0.248. The first-order valence-electron chi connectivity index (χ1n) is 2.49. The number of hydrogen-bond donors (Lipinski definition) is 1. The van der Waals surface area contributed by atoms with E-state index < -0.39 is 0 Å². The van der Waals surface area contributed by atoms with Gasteiger partial charge in [0.25, 0.3) is 0 Å². The van der Waals surface area contributed by atoms with Crippen LogP contribution in [0.3, 0.4) is 0 Å². The molecule has 0 aromatic carbocycles. The zero-order chi connectivity index (χ0) is 6.62. The molecule has 0 heterocycles. The molecule has 0 spiro atoms. The first-order valence-corrected chi connectivity index (χ1v) is 2.49. The largest absolute Gasteiger partial charge is 0.376 e. The molecule has 0 aliphatic rings.